The fourth-order valence-electron chi connectivity index (χ4n) is 2.38. The summed E-state index contributed by atoms with van der Waals surface area (Å²) in [6, 6.07) is 6.58. The van der Waals surface area contributed by atoms with E-state index in [1.165, 1.54) is 7.11 Å². The molecule has 0 aromatic heterocycles. The second-order valence-corrected chi connectivity index (χ2v) is 6.61. The number of anilines is 1. The minimum atomic E-state index is -0.524. The molecule has 0 aliphatic rings. The number of imide groups is 1. The summed E-state index contributed by atoms with van der Waals surface area (Å²) in [6.45, 7) is 6.92. The lowest BCUT2D eigenvalue weighted by Crippen LogP contribution is -2.46. The van der Waals surface area contributed by atoms with E-state index in [1.54, 1.807) is 23.1 Å². The summed E-state index contributed by atoms with van der Waals surface area (Å²) in [5.41, 5.74) is 0.568. The molecule has 0 aliphatic carbocycles. The Labute approximate surface area is 160 Å². The molecule has 3 N–H and O–H groups in total. The van der Waals surface area contributed by atoms with E-state index >= 15 is 0 Å². The Hall–Kier alpha value is -2.61. The van der Waals surface area contributed by atoms with Crippen LogP contribution >= 0.6 is 0 Å². The van der Waals surface area contributed by atoms with E-state index in [4.69, 9.17) is 4.74 Å². The Kier molecular flexibility index (Phi) is 9.89. The van der Waals surface area contributed by atoms with Crippen LogP contribution in [0.1, 0.15) is 27.2 Å². The number of ether oxygens (including phenoxy) is 1. The summed E-state index contributed by atoms with van der Waals surface area (Å²) in [6.07, 6.45) is 0.773. The Morgan fingerprint density at radius 1 is 1.11 bits per heavy atom. The number of hydrogen-bond donors (Lipinski definition) is 3. The van der Waals surface area contributed by atoms with Gasteiger partial charge in [-0.25, -0.2) is 4.79 Å². The minimum absolute atomic E-state index is 0.0346. The molecule has 8 heteroatoms. The highest BCUT2D eigenvalue weighted by molar-refractivity contribution is 5.96. The van der Waals surface area contributed by atoms with Gasteiger partial charge in [0.15, 0.2) is 0 Å². The van der Waals surface area contributed by atoms with Crippen molar-refractivity contribution in [3.63, 3.8) is 0 Å². The third-order valence-corrected chi connectivity index (χ3v) is 3.58. The van der Waals surface area contributed by atoms with Crippen LogP contribution in [0.25, 0.3) is 0 Å². The Bertz CT molecular complexity index is 634. The van der Waals surface area contributed by atoms with Crippen LogP contribution in [0, 0.1) is 5.92 Å². The molecule has 0 atom stereocenters. The van der Waals surface area contributed by atoms with Gasteiger partial charge in [-0.1, -0.05) is 32.9 Å². The number of carbonyl (C=O) groups excluding carboxylic acids is 3. The molecule has 0 spiro atoms. The fraction of sp³-hybridized carbons (Fsp3) is 0.526. The van der Waals surface area contributed by atoms with Crippen LogP contribution in [0.5, 0.6) is 5.75 Å². The maximum Gasteiger partial charge on any atom is 0.321 e. The number of para-hydroxylation sites is 2. The zero-order valence-corrected chi connectivity index (χ0v) is 16.5. The number of nitrogens with zero attached hydrogens (tertiary/aromatic N) is 1. The smallest absolute Gasteiger partial charge is 0.321 e. The average molecular weight is 378 g/mol. The molecular weight excluding hydrogens is 348 g/mol. The van der Waals surface area contributed by atoms with Crippen LogP contribution in [0.3, 0.4) is 0 Å². The maximum absolute atomic E-state index is 12.3. The van der Waals surface area contributed by atoms with E-state index in [0.29, 0.717) is 30.4 Å². The van der Waals surface area contributed by atoms with Gasteiger partial charge < -0.3 is 15.4 Å². The Balaban J connectivity index is 2.55. The van der Waals surface area contributed by atoms with Crippen LogP contribution in [0.15, 0.2) is 24.3 Å². The predicted molar refractivity (Wildman–Crippen MR) is 105 cm³/mol. The van der Waals surface area contributed by atoms with Crippen molar-refractivity contribution in [2.45, 2.75) is 27.2 Å². The number of methoxy groups -OCH3 is 1. The quantitative estimate of drug-likeness (QED) is 0.577. The number of rotatable bonds is 10. The van der Waals surface area contributed by atoms with Crippen LogP contribution in [-0.2, 0) is 9.59 Å². The number of hydrogen-bond acceptors (Lipinski definition) is 5. The van der Waals surface area contributed by atoms with E-state index in [9.17, 15) is 14.4 Å². The molecule has 0 unspecified atom stereocenters. The lowest BCUT2D eigenvalue weighted by atomic mass is 10.2. The van der Waals surface area contributed by atoms with E-state index in [2.05, 4.69) is 16.0 Å². The van der Waals surface area contributed by atoms with Crippen molar-refractivity contribution in [3.8, 4) is 5.75 Å². The molecule has 0 heterocycles. The van der Waals surface area contributed by atoms with Gasteiger partial charge in [-0.2, -0.15) is 0 Å². The summed E-state index contributed by atoms with van der Waals surface area (Å²) < 4.78 is 5.21. The van der Waals surface area contributed by atoms with Gasteiger partial charge in [0, 0.05) is 6.54 Å². The summed E-state index contributed by atoms with van der Waals surface area (Å²) in [4.78, 5) is 37.8. The monoisotopic (exact) mass is 378 g/mol. The minimum Gasteiger partial charge on any atom is -0.495 e. The van der Waals surface area contributed by atoms with Crippen molar-refractivity contribution in [2.24, 2.45) is 5.92 Å². The first-order valence-electron chi connectivity index (χ1n) is 9.08. The van der Waals surface area contributed by atoms with Crippen molar-refractivity contribution in [1.29, 1.82) is 0 Å². The lowest BCUT2D eigenvalue weighted by Gasteiger charge is -2.21. The molecule has 4 amide bonds. The summed E-state index contributed by atoms with van der Waals surface area (Å²) in [5, 5.41) is 7.69. The number of urea groups is 1. The molecule has 1 rings (SSSR count). The third kappa shape index (κ3) is 9.05. The molecule has 1 aromatic rings. The van der Waals surface area contributed by atoms with Crippen LogP contribution in [-0.4, -0.2) is 56.0 Å². The summed E-state index contributed by atoms with van der Waals surface area (Å²) in [7, 11) is 1.53. The molecule has 0 bridgehead atoms. The van der Waals surface area contributed by atoms with Gasteiger partial charge in [-0.15, -0.1) is 0 Å². The molecular formula is C19H30N4O4. The van der Waals surface area contributed by atoms with Gasteiger partial charge in [0.2, 0.25) is 11.8 Å². The molecule has 0 saturated heterocycles. The highest BCUT2D eigenvalue weighted by Crippen LogP contribution is 2.22. The zero-order chi connectivity index (χ0) is 20.2. The Morgan fingerprint density at radius 3 is 2.41 bits per heavy atom. The SMILES string of the molecule is CCCN(CC(=O)NC(=O)NCC(C)C)CC(=O)Nc1ccccc1OC. The topological polar surface area (TPSA) is 99.8 Å². The van der Waals surface area contributed by atoms with Crippen LogP contribution < -0.4 is 20.7 Å². The van der Waals surface area contributed by atoms with Crippen molar-refractivity contribution < 1.29 is 19.1 Å². The van der Waals surface area contributed by atoms with Crippen molar-refractivity contribution in [3.05, 3.63) is 24.3 Å². The molecule has 8 nitrogen and oxygen atoms in total. The molecule has 150 valence electrons. The molecule has 0 aliphatic heterocycles. The predicted octanol–water partition coefficient (Wildman–Crippen LogP) is 1.83. The number of nitrogens with one attached hydrogen (secondary N) is 3. The highest BCUT2D eigenvalue weighted by Gasteiger charge is 2.16. The van der Waals surface area contributed by atoms with Gasteiger partial charge in [0.25, 0.3) is 0 Å². The van der Waals surface area contributed by atoms with Crippen LogP contribution in [0.4, 0.5) is 10.5 Å². The standard InChI is InChI=1S/C19H30N4O4/c1-5-10-23(13-18(25)22-19(26)20-11-14(2)3)12-17(24)21-15-8-6-7-9-16(15)27-4/h6-9,14H,5,10-13H2,1-4H3,(H,21,24)(H2,20,22,25,26). The first-order chi connectivity index (χ1) is 12.8. The van der Waals surface area contributed by atoms with Gasteiger partial charge in [0.05, 0.1) is 25.9 Å². The first kappa shape index (κ1) is 22.4. The van der Waals surface area contributed by atoms with Gasteiger partial charge >= 0.3 is 6.03 Å². The Morgan fingerprint density at radius 2 is 1.78 bits per heavy atom. The van der Waals surface area contributed by atoms with Gasteiger partial charge in [-0.05, 0) is 31.0 Å². The van der Waals surface area contributed by atoms with Gasteiger partial charge in [0.1, 0.15) is 5.75 Å². The van der Waals surface area contributed by atoms with Gasteiger partial charge in [-0.3, -0.25) is 19.8 Å². The number of benzene rings is 1. The molecule has 1 aromatic carbocycles. The average Bonchev–Trinajstić information content (AvgIpc) is 2.60. The third-order valence-electron chi connectivity index (χ3n) is 3.58. The van der Waals surface area contributed by atoms with Crippen molar-refractivity contribution in [1.82, 2.24) is 15.5 Å². The number of carbonyl (C=O) groups is 3. The zero-order valence-electron chi connectivity index (χ0n) is 16.5. The largest absolute Gasteiger partial charge is 0.495 e. The molecule has 0 saturated carbocycles. The maximum atomic E-state index is 12.3. The van der Waals surface area contributed by atoms with Crippen molar-refractivity contribution in [2.75, 3.05) is 38.6 Å². The summed E-state index contributed by atoms with van der Waals surface area (Å²) in [5.74, 6) is 0.147. The molecule has 27 heavy (non-hydrogen) atoms. The second-order valence-electron chi connectivity index (χ2n) is 6.61. The van der Waals surface area contributed by atoms with E-state index in [-0.39, 0.29) is 19.0 Å². The second kappa shape index (κ2) is 11.9. The van der Waals surface area contributed by atoms with E-state index in [0.717, 1.165) is 6.42 Å². The summed E-state index contributed by atoms with van der Waals surface area (Å²) >= 11 is 0. The van der Waals surface area contributed by atoms with E-state index in [1.807, 2.05) is 26.8 Å². The fourth-order valence-corrected chi connectivity index (χ4v) is 2.38. The van der Waals surface area contributed by atoms with Crippen molar-refractivity contribution >= 4 is 23.5 Å². The number of amides is 4. The molecule has 0 radical (unpaired) electrons. The van der Waals surface area contributed by atoms with Crippen LogP contribution in [0.2, 0.25) is 0 Å². The normalized spacial score (nSPS) is 10.6. The lowest BCUT2D eigenvalue weighted by molar-refractivity contribution is -0.122. The van der Waals surface area contributed by atoms with E-state index < -0.39 is 11.9 Å². The highest BCUT2D eigenvalue weighted by atomic mass is 16.5. The first-order valence-corrected chi connectivity index (χ1v) is 9.08. The molecule has 0 fully saturated rings.